The van der Waals surface area contributed by atoms with Gasteiger partial charge in [0, 0.05) is 4.47 Å². The van der Waals surface area contributed by atoms with Crippen LogP contribution in [0.4, 0.5) is 0 Å². The summed E-state index contributed by atoms with van der Waals surface area (Å²) in [6, 6.07) is 17.3. The third kappa shape index (κ3) is 3.37. The van der Waals surface area contributed by atoms with Gasteiger partial charge in [0.1, 0.15) is 6.04 Å². The van der Waals surface area contributed by atoms with Crippen molar-refractivity contribution in [1.82, 2.24) is 10.2 Å². The molecular weight excluding hydrogens is 330 g/mol. The van der Waals surface area contributed by atoms with Crippen LogP contribution >= 0.6 is 15.9 Å². The van der Waals surface area contributed by atoms with Crippen molar-refractivity contribution in [2.24, 2.45) is 5.73 Å². The molecule has 1 aromatic heterocycles. The number of nitrogens with zero attached hydrogens (tertiary/aromatic N) is 2. The summed E-state index contributed by atoms with van der Waals surface area (Å²) < 4.78 is 6.72. The molecule has 0 saturated heterocycles. The molecule has 1 heterocycles. The fourth-order valence-electron chi connectivity index (χ4n) is 2.04. The van der Waals surface area contributed by atoms with Crippen LogP contribution in [0.15, 0.2) is 63.5 Å². The lowest BCUT2D eigenvalue weighted by atomic mass is 10.1. The second-order valence-corrected chi connectivity index (χ2v) is 5.64. The van der Waals surface area contributed by atoms with Gasteiger partial charge < -0.3 is 10.2 Å². The molecule has 21 heavy (non-hydrogen) atoms. The van der Waals surface area contributed by atoms with E-state index < -0.39 is 6.04 Å². The van der Waals surface area contributed by atoms with E-state index in [1.165, 1.54) is 0 Å². The summed E-state index contributed by atoms with van der Waals surface area (Å²) in [6.07, 6.45) is 0.599. The van der Waals surface area contributed by atoms with Gasteiger partial charge in [-0.05, 0) is 23.3 Å². The average Bonchev–Trinajstić information content (AvgIpc) is 2.98. The molecule has 106 valence electrons. The number of hydrogen-bond donors (Lipinski definition) is 1. The zero-order chi connectivity index (χ0) is 14.7. The molecule has 2 aromatic carbocycles. The molecule has 0 aliphatic rings. The highest BCUT2D eigenvalue weighted by Crippen LogP contribution is 2.19. The van der Waals surface area contributed by atoms with Crippen molar-refractivity contribution in [1.29, 1.82) is 0 Å². The molecule has 0 saturated carbocycles. The molecule has 0 fully saturated rings. The summed E-state index contributed by atoms with van der Waals surface area (Å²) in [7, 11) is 0. The van der Waals surface area contributed by atoms with Crippen molar-refractivity contribution in [2.45, 2.75) is 12.5 Å². The summed E-state index contributed by atoms with van der Waals surface area (Å²) >= 11 is 3.41. The van der Waals surface area contributed by atoms with Crippen LogP contribution in [0.1, 0.15) is 29.0 Å². The first-order valence-corrected chi connectivity index (χ1v) is 7.39. The Morgan fingerprint density at radius 2 is 1.71 bits per heavy atom. The SMILES string of the molecule is NC(c1ccccc1)c1nnc(Cc2ccc(Br)cc2)o1. The first kappa shape index (κ1) is 14.0. The van der Waals surface area contributed by atoms with Gasteiger partial charge in [0.15, 0.2) is 0 Å². The van der Waals surface area contributed by atoms with Crippen molar-refractivity contribution in [3.8, 4) is 0 Å². The molecule has 0 spiro atoms. The Kier molecular flexibility index (Phi) is 4.13. The van der Waals surface area contributed by atoms with Gasteiger partial charge in [-0.25, -0.2) is 0 Å². The maximum atomic E-state index is 6.14. The van der Waals surface area contributed by atoms with Gasteiger partial charge >= 0.3 is 0 Å². The average molecular weight is 344 g/mol. The van der Waals surface area contributed by atoms with Gasteiger partial charge in [0.2, 0.25) is 11.8 Å². The van der Waals surface area contributed by atoms with Crippen molar-refractivity contribution in [3.05, 3.63) is 82.0 Å². The zero-order valence-electron chi connectivity index (χ0n) is 11.2. The molecule has 4 nitrogen and oxygen atoms in total. The van der Waals surface area contributed by atoms with Gasteiger partial charge in [-0.1, -0.05) is 58.4 Å². The van der Waals surface area contributed by atoms with Gasteiger partial charge in [0.05, 0.1) is 6.42 Å². The zero-order valence-corrected chi connectivity index (χ0v) is 12.8. The van der Waals surface area contributed by atoms with Gasteiger partial charge in [-0.3, -0.25) is 0 Å². The summed E-state index contributed by atoms with van der Waals surface area (Å²) in [5, 5.41) is 8.13. The summed E-state index contributed by atoms with van der Waals surface area (Å²) in [5.41, 5.74) is 8.21. The van der Waals surface area contributed by atoms with Crippen LogP contribution in [-0.2, 0) is 6.42 Å². The molecule has 0 aliphatic carbocycles. The van der Waals surface area contributed by atoms with Crippen molar-refractivity contribution >= 4 is 15.9 Å². The van der Waals surface area contributed by atoms with Gasteiger partial charge in [-0.2, -0.15) is 0 Å². The fourth-order valence-corrected chi connectivity index (χ4v) is 2.31. The van der Waals surface area contributed by atoms with E-state index in [0.717, 1.165) is 15.6 Å². The Balaban J connectivity index is 1.75. The smallest absolute Gasteiger partial charge is 0.237 e. The molecular formula is C16H14BrN3O. The largest absolute Gasteiger partial charge is 0.423 e. The molecule has 0 radical (unpaired) electrons. The molecule has 1 atom stereocenters. The Hall–Kier alpha value is -1.98. The molecule has 2 N–H and O–H groups in total. The van der Waals surface area contributed by atoms with Crippen molar-refractivity contribution < 1.29 is 4.42 Å². The number of nitrogens with two attached hydrogens (primary N) is 1. The van der Waals surface area contributed by atoms with Crippen LogP contribution < -0.4 is 5.73 Å². The summed E-state index contributed by atoms with van der Waals surface area (Å²) in [6.45, 7) is 0. The quantitative estimate of drug-likeness (QED) is 0.787. The molecule has 0 aliphatic heterocycles. The number of rotatable bonds is 4. The first-order chi connectivity index (χ1) is 10.2. The second kappa shape index (κ2) is 6.20. The maximum absolute atomic E-state index is 6.14. The lowest BCUT2D eigenvalue weighted by molar-refractivity contribution is 0.441. The molecule has 3 aromatic rings. The van der Waals surface area contributed by atoms with Crippen molar-refractivity contribution in [2.75, 3.05) is 0 Å². The molecule has 0 amide bonds. The van der Waals surface area contributed by atoms with E-state index in [-0.39, 0.29) is 0 Å². The number of aromatic nitrogens is 2. The van der Waals surface area contributed by atoms with E-state index in [4.69, 9.17) is 10.2 Å². The number of halogens is 1. The fraction of sp³-hybridized carbons (Fsp3) is 0.125. The van der Waals surface area contributed by atoms with Crippen LogP contribution in [0.25, 0.3) is 0 Å². The Morgan fingerprint density at radius 1 is 1.00 bits per heavy atom. The van der Waals surface area contributed by atoms with Gasteiger partial charge in [0.25, 0.3) is 0 Å². The Labute approximate surface area is 131 Å². The third-order valence-corrected chi connectivity index (χ3v) is 3.70. The van der Waals surface area contributed by atoms with Crippen LogP contribution in [0, 0.1) is 0 Å². The van der Waals surface area contributed by atoms with Crippen molar-refractivity contribution in [3.63, 3.8) is 0 Å². The topological polar surface area (TPSA) is 64.9 Å². The predicted octanol–water partition coefficient (Wildman–Crippen LogP) is 3.47. The minimum Gasteiger partial charge on any atom is -0.423 e. The highest BCUT2D eigenvalue weighted by Gasteiger charge is 2.16. The number of hydrogen-bond acceptors (Lipinski definition) is 4. The second-order valence-electron chi connectivity index (χ2n) is 4.73. The maximum Gasteiger partial charge on any atom is 0.237 e. The highest BCUT2D eigenvalue weighted by molar-refractivity contribution is 9.10. The standard InChI is InChI=1S/C16H14BrN3O/c17-13-8-6-11(7-9-13)10-14-19-20-16(21-14)15(18)12-4-2-1-3-5-12/h1-9,15H,10,18H2. The molecule has 0 bridgehead atoms. The van der Waals surface area contributed by atoms with E-state index in [0.29, 0.717) is 18.2 Å². The van der Waals surface area contributed by atoms with E-state index in [1.54, 1.807) is 0 Å². The molecule has 1 unspecified atom stereocenters. The molecule has 3 rings (SSSR count). The van der Waals surface area contributed by atoms with E-state index >= 15 is 0 Å². The third-order valence-electron chi connectivity index (χ3n) is 3.18. The highest BCUT2D eigenvalue weighted by atomic mass is 79.9. The van der Waals surface area contributed by atoms with Gasteiger partial charge in [-0.15, -0.1) is 10.2 Å². The lowest BCUT2D eigenvalue weighted by Gasteiger charge is -2.06. The minimum atomic E-state index is -0.391. The lowest BCUT2D eigenvalue weighted by Crippen LogP contribution is -2.11. The van der Waals surface area contributed by atoms with Crippen LogP contribution in [-0.4, -0.2) is 10.2 Å². The normalized spacial score (nSPS) is 12.3. The van der Waals surface area contributed by atoms with Crippen LogP contribution in [0.3, 0.4) is 0 Å². The minimum absolute atomic E-state index is 0.391. The Bertz CT molecular complexity index is 710. The van der Waals surface area contributed by atoms with E-state index in [9.17, 15) is 0 Å². The summed E-state index contributed by atoms with van der Waals surface area (Å²) in [5.74, 6) is 1.01. The molecule has 5 heteroatoms. The summed E-state index contributed by atoms with van der Waals surface area (Å²) in [4.78, 5) is 0. The van der Waals surface area contributed by atoms with E-state index in [2.05, 4.69) is 26.1 Å². The Morgan fingerprint density at radius 3 is 2.43 bits per heavy atom. The van der Waals surface area contributed by atoms with Crippen LogP contribution in [0.5, 0.6) is 0 Å². The first-order valence-electron chi connectivity index (χ1n) is 6.59. The van der Waals surface area contributed by atoms with E-state index in [1.807, 2.05) is 54.6 Å². The predicted molar refractivity (Wildman–Crippen MR) is 83.7 cm³/mol. The number of benzene rings is 2. The van der Waals surface area contributed by atoms with Crippen LogP contribution in [0.2, 0.25) is 0 Å². The monoisotopic (exact) mass is 343 g/mol.